The number of rotatable bonds is 4. The van der Waals surface area contributed by atoms with Crippen molar-refractivity contribution >= 4 is 11.8 Å². The Morgan fingerprint density at radius 3 is 2.85 bits per heavy atom. The Bertz CT molecular complexity index is 537. The average molecular weight is 278 g/mol. The van der Waals surface area contributed by atoms with Gasteiger partial charge < -0.3 is 14.2 Å². The van der Waals surface area contributed by atoms with Gasteiger partial charge in [0.05, 0.1) is 26.6 Å². The van der Waals surface area contributed by atoms with Crippen LogP contribution in [-0.2, 0) is 9.53 Å². The fourth-order valence-electron chi connectivity index (χ4n) is 2.39. The summed E-state index contributed by atoms with van der Waals surface area (Å²) < 4.78 is 15.9. The minimum absolute atomic E-state index is 0.0449. The number of ketones is 1. The number of benzene rings is 1. The van der Waals surface area contributed by atoms with Gasteiger partial charge in [-0.1, -0.05) is 6.07 Å². The molecule has 1 aromatic rings. The van der Waals surface area contributed by atoms with Crippen LogP contribution in [0.1, 0.15) is 37.0 Å². The number of Topliss-reactive ketones (excluding diaryl/α,β-unsaturated/α-hetero) is 1. The van der Waals surface area contributed by atoms with E-state index in [1.165, 1.54) is 7.11 Å². The van der Waals surface area contributed by atoms with E-state index in [4.69, 9.17) is 14.2 Å². The molecule has 0 aliphatic carbocycles. The molecule has 0 aromatic heterocycles. The minimum atomic E-state index is -0.872. The summed E-state index contributed by atoms with van der Waals surface area (Å²) in [5.41, 5.74) is -0.431. The minimum Gasteiger partial charge on any atom is -0.496 e. The van der Waals surface area contributed by atoms with Gasteiger partial charge in [0.25, 0.3) is 0 Å². The second kappa shape index (κ2) is 5.53. The highest BCUT2D eigenvalue weighted by atomic mass is 16.5. The number of carbonyl (C=O) groups excluding carboxylic acids is 2. The van der Waals surface area contributed by atoms with Gasteiger partial charge in [-0.15, -0.1) is 0 Å². The van der Waals surface area contributed by atoms with Crippen molar-refractivity contribution in [3.8, 4) is 11.5 Å². The summed E-state index contributed by atoms with van der Waals surface area (Å²) in [7, 11) is 1.51. The van der Waals surface area contributed by atoms with Crippen molar-refractivity contribution in [1.29, 1.82) is 0 Å². The van der Waals surface area contributed by atoms with Crippen molar-refractivity contribution in [3.63, 3.8) is 0 Å². The number of esters is 1. The molecule has 1 aliphatic rings. The van der Waals surface area contributed by atoms with Gasteiger partial charge >= 0.3 is 5.97 Å². The summed E-state index contributed by atoms with van der Waals surface area (Å²) in [4.78, 5) is 23.9. The molecule has 20 heavy (non-hydrogen) atoms. The van der Waals surface area contributed by atoms with Crippen molar-refractivity contribution in [2.75, 3.05) is 13.7 Å². The van der Waals surface area contributed by atoms with Gasteiger partial charge in [-0.3, -0.25) is 9.59 Å². The highest BCUT2D eigenvalue weighted by Crippen LogP contribution is 2.39. The lowest BCUT2D eigenvalue weighted by atomic mass is 9.88. The van der Waals surface area contributed by atoms with E-state index in [0.717, 1.165) is 0 Å². The molecule has 5 heteroatoms. The number of fused-ring (bicyclic) bond motifs is 1. The van der Waals surface area contributed by atoms with Crippen molar-refractivity contribution in [2.45, 2.75) is 32.3 Å². The fraction of sp³-hybridized carbons (Fsp3) is 0.467. The predicted molar refractivity (Wildman–Crippen MR) is 72.2 cm³/mol. The Hall–Kier alpha value is -2.04. The Morgan fingerprint density at radius 2 is 2.20 bits per heavy atom. The third-order valence-corrected chi connectivity index (χ3v) is 3.20. The summed E-state index contributed by atoms with van der Waals surface area (Å²) in [5, 5.41) is 0. The van der Waals surface area contributed by atoms with E-state index < -0.39 is 5.60 Å². The van der Waals surface area contributed by atoms with Crippen LogP contribution < -0.4 is 9.47 Å². The molecular formula is C15H18O5. The van der Waals surface area contributed by atoms with Gasteiger partial charge in [0, 0.05) is 0 Å². The molecular weight excluding hydrogens is 260 g/mol. The Morgan fingerprint density at radius 1 is 1.45 bits per heavy atom. The zero-order chi connectivity index (χ0) is 14.8. The summed E-state index contributed by atoms with van der Waals surface area (Å²) in [6.45, 7) is 3.80. The number of methoxy groups -OCH3 is 1. The standard InChI is InChI=1S/C15H18O5/c1-4-19-13(17)9-15(2)8-10(16)14-11(18-3)6-5-7-12(14)20-15/h5-7H,4,8-9H2,1-3H3. The van der Waals surface area contributed by atoms with Gasteiger partial charge in [-0.25, -0.2) is 0 Å². The van der Waals surface area contributed by atoms with E-state index >= 15 is 0 Å². The Labute approximate surface area is 117 Å². The van der Waals surface area contributed by atoms with E-state index in [1.54, 1.807) is 32.0 Å². The molecule has 0 fully saturated rings. The summed E-state index contributed by atoms with van der Waals surface area (Å²) in [6.07, 6.45) is 0.169. The first-order chi connectivity index (χ1) is 9.49. The number of carbonyl (C=O) groups is 2. The SMILES string of the molecule is CCOC(=O)CC1(C)CC(=O)c2c(OC)cccc2O1. The molecule has 1 atom stereocenters. The quantitative estimate of drug-likeness (QED) is 0.791. The van der Waals surface area contributed by atoms with Crippen LogP contribution in [0.25, 0.3) is 0 Å². The normalized spacial score (nSPS) is 20.9. The average Bonchev–Trinajstić information content (AvgIpc) is 2.37. The summed E-state index contributed by atoms with van der Waals surface area (Å²) in [6, 6.07) is 5.17. The maximum atomic E-state index is 12.3. The molecule has 0 bridgehead atoms. The Balaban J connectivity index is 2.27. The van der Waals surface area contributed by atoms with Crippen LogP contribution in [0.2, 0.25) is 0 Å². The fourth-order valence-corrected chi connectivity index (χ4v) is 2.39. The molecule has 108 valence electrons. The van der Waals surface area contributed by atoms with Gasteiger partial charge in [0.15, 0.2) is 5.78 Å². The molecule has 0 spiro atoms. The third kappa shape index (κ3) is 2.76. The molecule has 2 rings (SSSR count). The van der Waals surface area contributed by atoms with Gasteiger partial charge in [-0.2, -0.15) is 0 Å². The highest BCUT2D eigenvalue weighted by Gasteiger charge is 2.40. The smallest absolute Gasteiger partial charge is 0.309 e. The van der Waals surface area contributed by atoms with Crippen LogP contribution in [0.3, 0.4) is 0 Å². The van der Waals surface area contributed by atoms with Crippen molar-refractivity contribution in [2.24, 2.45) is 0 Å². The molecule has 0 amide bonds. The van der Waals surface area contributed by atoms with Gasteiger partial charge in [0.2, 0.25) is 0 Å². The van der Waals surface area contributed by atoms with Crippen molar-refractivity contribution < 1.29 is 23.8 Å². The summed E-state index contributed by atoms with van der Waals surface area (Å²) in [5.74, 6) is 0.489. The Kier molecular flexibility index (Phi) is 3.97. The molecule has 1 heterocycles. The zero-order valence-electron chi connectivity index (χ0n) is 11.9. The molecule has 0 saturated carbocycles. The van der Waals surface area contributed by atoms with Gasteiger partial charge in [0.1, 0.15) is 22.7 Å². The molecule has 0 N–H and O–H groups in total. The lowest BCUT2D eigenvalue weighted by Crippen LogP contribution is -2.41. The largest absolute Gasteiger partial charge is 0.496 e. The van der Waals surface area contributed by atoms with Gasteiger partial charge in [-0.05, 0) is 26.0 Å². The second-order valence-corrected chi connectivity index (χ2v) is 4.97. The molecule has 0 saturated heterocycles. The molecule has 1 aliphatic heterocycles. The first-order valence-electron chi connectivity index (χ1n) is 6.54. The third-order valence-electron chi connectivity index (χ3n) is 3.20. The van der Waals surface area contributed by atoms with Crippen LogP contribution in [0.5, 0.6) is 11.5 Å². The van der Waals surface area contributed by atoms with E-state index in [9.17, 15) is 9.59 Å². The maximum Gasteiger partial charge on any atom is 0.309 e. The van der Waals surface area contributed by atoms with Crippen LogP contribution in [0.4, 0.5) is 0 Å². The van der Waals surface area contributed by atoms with E-state index in [-0.39, 0.29) is 24.6 Å². The highest BCUT2D eigenvalue weighted by molar-refractivity contribution is 6.03. The molecule has 1 unspecified atom stereocenters. The van der Waals surface area contributed by atoms with E-state index in [1.807, 2.05) is 0 Å². The predicted octanol–water partition coefficient (Wildman–Crippen LogP) is 2.37. The zero-order valence-corrected chi connectivity index (χ0v) is 11.9. The van der Waals surface area contributed by atoms with Crippen molar-refractivity contribution in [1.82, 2.24) is 0 Å². The molecule has 0 radical (unpaired) electrons. The first kappa shape index (κ1) is 14.4. The lowest BCUT2D eigenvalue weighted by molar-refractivity contribution is -0.147. The van der Waals surface area contributed by atoms with Crippen LogP contribution in [0.15, 0.2) is 18.2 Å². The monoisotopic (exact) mass is 278 g/mol. The van der Waals surface area contributed by atoms with E-state index in [0.29, 0.717) is 23.7 Å². The van der Waals surface area contributed by atoms with Crippen LogP contribution in [0, 0.1) is 0 Å². The molecule has 5 nitrogen and oxygen atoms in total. The lowest BCUT2D eigenvalue weighted by Gasteiger charge is -2.34. The maximum absolute atomic E-state index is 12.3. The second-order valence-electron chi connectivity index (χ2n) is 4.97. The van der Waals surface area contributed by atoms with Crippen molar-refractivity contribution in [3.05, 3.63) is 23.8 Å². The number of hydrogen-bond acceptors (Lipinski definition) is 5. The van der Waals surface area contributed by atoms with E-state index in [2.05, 4.69) is 0 Å². The number of hydrogen-bond donors (Lipinski definition) is 0. The first-order valence-corrected chi connectivity index (χ1v) is 6.54. The summed E-state index contributed by atoms with van der Waals surface area (Å²) >= 11 is 0. The van der Waals surface area contributed by atoms with Crippen LogP contribution >= 0.6 is 0 Å². The molecule has 1 aromatic carbocycles. The van der Waals surface area contributed by atoms with Crippen LogP contribution in [-0.4, -0.2) is 31.1 Å². The number of ether oxygens (including phenoxy) is 3. The topological polar surface area (TPSA) is 61.8 Å².